The lowest BCUT2D eigenvalue weighted by Crippen LogP contribution is -2.06. The predicted molar refractivity (Wildman–Crippen MR) is 50.9 cm³/mol. The predicted octanol–water partition coefficient (Wildman–Crippen LogP) is 2.88. The number of rotatable bonds is 2. The van der Waals surface area contributed by atoms with Gasteiger partial charge >= 0.3 is 0 Å². The van der Waals surface area contributed by atoms with Crippen LogP contribution in [-0.2, 0) is 4.79 Å². The van der Waals surface area contributed by atoms with Crippen molar-refractivity contribution >= 4 is 6.29 Å². The molecule has 0 saturated heterocycles. The number of allylic oxidation sites excluding steroid dienone is 4. The van der Waals surface area contributed by atoms with Crippen molar-refractivity contribution in [3.8, 4) is 0 Å². The highest BCUT2D eigenvalue weighted by molar-refractivity contribution is 5.66. The Labute approximate surface area is 74.2 Å². The second-order valence-corrected chi connectivity index (χ2v) is 3.57. The fourth-order valence-corrected chi connectivity index (χ4v) is 1.62. The Balaban J connectivity index is 2.56. The second-order valence-electron chi connectivity index (χ2n) is 3.57. The molecule has 66 valence electrons. The zero-order chi connectivity index (χ0) is 8.97. The van der Waals surface area contributed by atoms with Crippen molar-refractivity contribution in [2.45, 2.75) is 33.1 Å². The van der Waals surface area contributed by atoms with E-state index in [4.69, 9.17) is 0 Å². The fraction of sp³-hybridized carbons (Fsp3) is 0.545. The van der Waals surface area contributed by atoms with E-state index in [0.29, 0.717) is 5.92 Å². The molecule has 1 nitrogen and oxygen atoms in total. The molecule has 0 heterocycles. The SMILES string of the molecule is CC1=CCC(/C(C)=C\C=O)CC1. The Morgan fingerprint density at radius 2 is 2.42 bits per heavy atom. The topological polar surface area (TPSA) is 17.1 Å². The van der Waals surface area contributed by atoms with Crippen molar-refractivity contribution in [1.29, 1.82) is 0 Å². The summed E-state index contributed by atoms with van der Waals surface area (Å²) in [6.45, 7) is 4.22. The van der Waals surface area contributed by atoms with E-state index in [9.17, 15) is 4.79 Å². The van der Waals surface area contributed by atoms with Gasteiger partial charge < -0.3 is 0 Å². The van der Waals surface area contributed by atoms with Crippen LogP contribution in [0.3, 0.4) is 0 Å². The summed E-state index contributed by atoms with van der Waals surface area (Å²) in [7, 11) is 0. The number of hydrogen-bond donors (Lipinski definition) is 0. The average molecular weight is 164 g/mol. The van der Waals surface area contributed by atoms with Crippen LogP contribution >= 0.6 is 0 Å². The van der Waals surface area contributed by atoms with Crippen molar-refractivity contribution in [1.82, 2.24) is 0 Å². The third kappa shape index (κ3) is 2.33. The molecule has 1 unspecified atom stereocenters. The molecule has 0 saturated carbocycles. The van der Waals surface area contributed by atoms with E-state index in [-0.39, 0.29) is 0 Å². The molecule has 0 aromatic heterocycles. The van der Waals surface area contributed by atoms with E-state index in [1.54, 1.807) is 6.08 Å². The van der Waals surface area contributed by atoms with Crippen LogP contribution in [0.5, 0.6) is 0 Å². The number of hydrogen-bond acceptors (Lipinski definition) is 1. The van der Waals surface area contributed by atoms with E-state index in [1.807, 2.05) is 6.92 Å². The van der Waals surface area contributed by atoms with Crippen molar-refractivity contribution in [2.24, 2.45) is 5.92 Å². The Morgan fingerprint density at radius 1 is 1.67 bits per heavy atom. The minimum atomic E-state index is 0.610. The maximum absolute atomic E-state index is 10.2. The van der Waals surface area contributed by atoms with Crippen molar-refractivity contribution in [2.75, 3.05) is 0 Å². The summed E-state index contributed by atoms with van der Waals surface area (Å²) in [5, 5.41) is 0. The summed E-state index contributed by atoms with van der Waals surface area (Å²) in [6.07, 6.45) is 8.38. The van der Waals surface area contributed by atoms with Crippen LogP contribution < -0.4 is 0 Å². The molecule has 1 rings (SSSR count). The molecule has 0 aromatic carbocycles. The largest absolute Gasteiger partial charge is 0.299 e. The van der Waals surface area contributed by atoms with Gasteiger partial charge in [0.25, 0.3) is 0 Å². The monoisotopic (exact) mass is 164 g/mol. The summed E-state index contributed by atoms with van der Waals surface area (Å²) in [4.78, 5) is 10.2. The second kappa shape index (κ2) is 4.24. The van der Waals surface area contributed by atoms with Gasteiger partial charge in [-0.25, -0.2) is 0 Å². The number of carbonyl (C=O) groups excluding carboxylic acids is 1. The first-order valence-electron chi connectivity index (χ1n) is 4.51. The van der Waals surface area contributed by atoms with E-state index < -0.39 is 0 Å². The molecule has 0 amide bonds. The molecule has 0 spiro atoms. The normalized spacial score (nSPS) is 25.0. The smallest absolute Gasteiger partial charge is 0.142 e. The van der Waals surface area contributed by atoms with Crippen LogP contribution in [0.4, 0.5) is 0 Å². The molecule has 0 radical (unpaired) electrons. The Bertz CT molecular complexity index is 223. The Morgan fingerprint density at radius 3 is 2.92 bits per heavy atom. The van der Waals surface area contributed by atoms with Gasteiger partial charge in [0.1, 0.15) is 6.29 Å². The minimum absolute atomic E-state index is 0.610. The Kier molecular flexibility index (Phi) is 3.27. The summed E-state index contributed by atoms with van der Waals surface area (Å²) < 4.78 is 0. The maximum atomic E-state index is 10.2. The van der Waals surface area contributed by atoms with Gasteiger partial charge in [0.2, 0.25) is 0 Å². The summed E-state index contributed by atoms with van der Waals surface area (Å²) in [5.41, 5.74) is 2.72. The molecule has 0 aromatic rings. The van der Waals surface area contributed by atoms with Gasteiger partial charge in [-0.2, -0.15) is 0 Å². The van der Waals surface area contributed by atoms with Crippen LogP contribution in [0.1, 0.15) is 33.1 Å². The van der Waals surface area contributed by atoms with E-state index in [0.717, 1.165) is 12.7 Å². The van der Waals surface area contributed by atoms with E-state index in [2.05, 4.69) is 13.0 Å². The molecule has 0 aliphatic heterocycles. The molecule has 12 heavy (non-hydrogen) atoms. The molecule has 1 aliphatic rings. The summed E-state index contributed by atoms with van der Waals surface area (Å²) in [5.74, 6) is 0.610. The zero-order valence-electron chi connectivity index (χ0n) is 7.84. The average Bonchev–Trinajstić information content (AvgIpc) is 2.06. The highest BCUT2D eigenvalue weighted by Crippen LogP contribution is 2.28. The molecule has 0 N–H and O–H groups in total. The molecule has 0 fully saturated rings. The minimum Gasteiger partial charge on any atom is -0.299 e. The van der Waals surface area contributed by atoms with Gasteiger partial charge in [-0.05, 0) is 45.1 Å². The van der Waals surface area contributed by atoms with Crippen LogP contribution in [0.25, 0.3) is 0 Å². The lowest BCUT2D eigenvalue weighted by molar-refractivity contribution is -0.104. The van der Waals surface area contributed by atoms with Gasteiger partial charge in [-0.15, -0.1) is 0 Å². The molecule has 1 heteroatoms. The van der Waals surface area contributed by atoms with Crippen LogP contribution in [-0.4, -0.2) is 6.29 Å². The maximum Gasteiger partial charge on any atom is 0.142 e. The molecule has 1 aliphatic carbocycles. The zero-order valence-corrected chi connectivity index (χ0v) is 7.84. The standard InChI is InChI=1S/C11H16O/c1-9-3-5-11(6-4-9)10(2)7-8-12/h3,7-8,11H,4-6H2,1-2H3/b10-7-. The third-order valence-electron chi connectivity index (χ3n) is 2.61. The van der Waals surface area contributed by atoms with Gasteiger partial charge in [0.15, 0.2) is 0 Å². The van der Waals surface area contributed by atoms with Crippen LogP contribution in [0.15, 0.2) is 23.3 Å². The lowest BCUT2D eigenvalue weighted by Gasteiger charge is -2.20. The highest BCUT2D eigenvalue weighted by Gasteiger charge is 2.13. The first-order chi connectivity index (χ1) is 5.74. The lowest BCUT2D eigenvalue weighted by atomic mass is 9.85. The third-order valence-corrected chi connectivity index (χ3v) is 2.61. The van der Waals surface area contributed by atoms with Gasteiger partial charge in [-0.3, -0.25) is 4.79 Å². The van der Waals surface area contributed by atoms with Gasteiger partial charge in [0, 0.05) is 0 Å². The number of carbonyl (C=O) groups is 1. The molecular formula is C11H16O. The first kappa shape index (κ1) is 9.24. The van der Waals surface area contributed by atoms with E-state index in [1.165, 1.54) is 24.0 Å². The highest BCUT2D eigenvalue weighted by atomic mass is 16.1. The van der Waals surface area contributed by atoms with Crippen molar-refractivity contribution in [3.05, 3.63) is 23.3 Å². The van der Waals surface area contributed by atoms with E-state index >= 15 is 0 Å². The Hall–Kier alpha value is -0.850. The van der Waals surface area contributed by atoms with Gasteiger partial charge in [0.05, 0.1) is 0 Å². The van der Waals surface area contributed by atoms with Crippen molar-refractivity contribution in [3.63, 3.8) is 0 Å². The molecule has 1 atom stereocenters. The molecule has 0 bridgehead atoms. The van der Waals surface area contributed by atoms with Gasteiger partial charge in [-0.1, -0.05) is 17.2 Å². The fourth-order valence-electron chi connectivity index (χ4n) is 1.62. The van der Waals surface area contributed by atoms with Crippen LogP contribution in [0, 0.1) is 5.92 Å². The first-order valence-corrected chi connectivity index (χ1v) is 4.51. The molecular weight excluding hydrogens is 148 g/mol. The van der Waals surface area contributed by atoms with Crippen LogP contribution in [0.2, 0.25) is 0 Å². The summed E-state index contributed by atoms with van der Waals surface area (Å²) in [6, 6.07) is 0. The number of aldehydes is 1. The quantitative estimate of drug-likeness (QED) is 0.348. The van der Waals surface area contributed by atoms with Crippen molar-refractivity contribution < 1.29 is 4.79 Å². The summed E-state index contributed by atoms with van der Waals surface area (Å²) >= 11 is 0.